The highest BCUT2D eigenvalue weighted by Gasteiger charge is 2.20. The zero-order chi connectivity index (χ0) is 19.7. The molecule has 0 bridgehead atoms. The van der Waals surface area contributed by atoms with E-state index in [0.717, 1.165) is 11.1 Å². The summed E-state index contributed by atoms with van der Waals surface area (Å²) in [6, 6.07) is 19.3. The summed E-state index contributed by atoms with van der Waals surface area (Å²) in [5.74, 6) is 0. The maximum atomic E-state index is 12.1. The first-order chi connectivity index (χ1) is 13.4. The standard InChI is InChI=1S/C20H15ClN4O2S/c21-16-7-5-15(6-8-16)19-13-17(14-9-11-23-12-10-14)24-25(19)18-3-1-2-4-20(18)28(22,26)27/h1-13H,(H2,22,26,27). The largest absolute Gasteiger partial charge is 0.265 e. The van der Waals surface area contributed by atoms with Gasteiger partial charge >= 0.3 is 0 Å². The second-order valence-corrected chi connectivity index (χ2v) is 8.05. The molecule has 0 aliphatic rings. The molecule has 2 N–H and O–H groups in total. The summed E-state index contributed by atoms with van der Waals surface area (Å²) in [7, 11) is -3.93. The van der Waals surface area contributed by atoms with Crippen molar-refractivity contribution in [2.75, 3.05) is 0 Å². The number of rotatable bonds is 4. The Hall–Kier alpha value is -3.00. The molecule has 0 atom stereocenters. The second kappa shape index (κ2) is 7.20. The summed E-state index contributed by atoms with van der Waals surface area (Å²) in [6.45, 7) is 0. The molecule has 0 fully saturated rings. The lowest BCUT2D eigenvalue weighted by Crippen LogP contribution is -2.16. The highest BCUT2D eigenvalue weighted by molar-refractivity contribution is 7.89. The number of nitrogens with two attached hydrogens (primary N) is 1. The summed E-state index contributed by atoms with van der Waals surface area (Å²) in [4.78, 5) is 4.02. The van der Waals surface area contributed by atoms with Gasteiger partial charge < -0.3 is 0 Å². The zero-order valence-corrected chi connectivity index (χ0v) is 16.1. The van der Waals surface area contributed by atoms with E-state index >= 15 is 0 Å². The van der Waals surface area contributed by atoms with Crippen molar-refractivity contribution in [3.05, 3.63) is 84.1 Å². The van der Waals surface area contributed by atoms with Gasteiger partial charge in [0.1, 0.15) is 4.90 Å². The molecule has 0 amide bonds. The van der Waals surface area contributed by atoms with Crippen molar-refractivity contribution in [3.63, 3.8) is 0 Å². The molecule has 2 aromatic carbocycles. The van der Waals surface area contributed by atoms with Crippen LogP contribution < -0.4 is 5.14 Å². The van der Waals surface area contributed by atoms with Gasteiger partial charge in [-0.1, -0.05) is 35.9 Å². The number of nitrogens with zero attached hydrogens (tertiary/aromatic N) is 3. The zero-order valence-electron chi connectivity index (χ0n) is 14.5. The van der Waals surface area contributed by atoms with Crippen LogP contribution in [0.2, 0.25) is 5.02 Å². The summed E-state index contributed by atoms with van der Waals surface area (Å²) in [5, 5.41) is 10.7. The maximum absolute atomic E-state index is 12.1. The Balaban J connectivity index is 1.99. The van der Waals surface area contributed by atoms with Gasteiger partial charge in [0.2, 0.25) is 10.0 Å². The lowest BCUT2D eigenvalue weighted by Gasteiger charge is -2.11. The molecule has 2 aromatic heterocycles. The second-order valence-electron chi connectivity index (χ2n) is 6.08. The minimum Gasteiger partial charge on any atom is -0.265 e. The van der Waals surface area contributed by atoms with Crippen molar-refractivity contribution in [2.24, 2.45) is 5.14 Å². The van der Waals surface area contributed by atoms with E-state index in [1.54, 1.807) is 47.4 Å². The lowest BCUT2D eigenvalue weighted by molar-refractivity contribution is 0.596. The summed E-state index contributed by atoms with van der Waals surface area (Å²) in [6.07, 6.45) is 3.35. The van der Waals surface area contributed by atoms with E-state index in [-0.39, 0.29) is 4.90 Å². The fourth-order valence-corrected chi connectivity index (χ4v) is 3.77. The Morgan fingerprint density at radius 3 is 2.25 bits per heavy atom. The van der Waals surface area contributed by atoms with Crippen LogP contribution in [-0.2, 0) is 10.0 Å². The quantitative estimate of drug-likeness (QED) is 0.552. The fourth-order valence-electron chi connectivity index (χ4n) is 2.93. The monoisotopic (exact) mass is 410 g/mol. The molecule has 0 unspecified atom stereocenters. The minimum atomic E-state index is -3.93. The van der Waals surface area contributed by atoms with Crippen LogP contribution in [0.3, 0.4) is 0 Å². The first-order valence-corrected chi connectivity index (χ1v) is 10.2. The molecule has 0 radical (unpaired) electrons. The maximum Gasteiger partial charge on any atom is 0.240 e. The van der Waals surface area contributed by atoms with Gasteiger partial charge in [0.05, 0.1) is 17.1 Å². The molecule has 0 saturated carbocycles. The number of pyridine rings is 1. The number of sulfonamides is 1. The first kappa shape index (κ1) is 18.4. The number of hydrogen-bond acceptors (Lipinski definition) is 4. The highest BCUT2D eigenvalue weighted by atomic mass is 35.5. The van der Waals surface area contributed by atoms with Crippen molar-refractivity contribution < 1.29 is 8.42 Å². The molecule has 8 heteroatoms. The number of benzene rings is 2. The molecular weight excluding hydrogens is 396 g/mol. The van der Waals surface area contributed by atoms with Crippen LogP contribution in [0.15, 0.2) is 84.0 Å². The van der Waals surface area contributed by atoms with Crippen molar-refractivity contribution in [1.82, 2.24) is 14.8 Å². The van der Waals surface area contributed by atoms with Crippen molar-refractivity contribution in [1.29, 1.82) is 0 Å². The van der Waals surface area contributed by atoms with Crippen LogP contribution in [0.5, 0.6) is 0 Å². The van der Waals surface area contributed by atoms with E-state index in [1.807, 2.05) is 30.3 Å². The third-order valence-electron chi connectivity index (χ3n) is 4.23. The lowest BCUT2D eigenvalue weighted by atomic mass is 10.1. The molecule has 4 aromatic rings. The van der Waals surface area contributed by atoms with Gasteiger partial charge in [0.25, 0.3) is 0 Å². The Labute approximate surface area is 167 Å². The number of halogens is 1. The minimum absolute atomic E-state index is 0.00501. The number of para-hydroxylation sites is 1. The van der Waals surface area contributed by atoms with Gasteiger partial charge in [-0.15, -0.1) is 0 Å². The van der Waals surface area contributed by atoms with Crippen molar-refractivity contribution in [2.45, 2.75) is 4.90 Å². The van der Waals surface area contributed by atoms with Crippen molar-refractivity contribution >= 4 is 21.6 Å². The molecule has 0 aliphatic heterocycles. The van der Waals surface area contributed by atoms with E-state index in [0.29, 0.717) is 22.1 Å². The predicted molar refractivity (Wildman–Crippen MR) is 109 cm³/mol. The molecule has 4 rings (SSSR count). The number of aromatic nitrogens is 3. The predicted octanol–water partition coefficient (Wildman–Crippen LogP) is 3.90. The van der Waals surface area contributed by atoms with E-state index < -0.39 is 10.0 Å². The molecule has 6 nitrogen and oxygen atoms in total. The fraction of sp³-hybridized carbons (Fsp3) is 0. The Morgan fingerprint density at radius 2 is 1.57 bits per heavy atom. The van der Waals surface area contributed by atoms with E-state index in [4.69, 9.17) is 16.7 Å². The Bertz CT molecular complexity index is 1240. The summed E-state index contributed by atoms with van der Waals surface area (Å²) < 4.78 is 25.8. The van der Waals surface area contributed by atoms with Crippen molar-refractivity contribution in [3.8, 4) is 28.2 Å². The van der Waals surface area contributed by atoms with Crippen LogP contribution in [0, 0.1) is 0 Å². The molecule has 0 saturated heterocycles. The average molecular weight is 411 g/mol. The topological polar surface area (TPSA) is 90.9 Å². The molecule has 28 heavy (non-hydrogen) atoms. The highest BCUT2D eigenvalue weighted by Crippen LogP contribution is 2.31. The molecule has 2 heterocycles. The Kier molecular flexibility index (Phi) is 4.72. The third-order valence-corrected chi connectivity index (χ3v) is 5.44. The van der Waals surface area contributed by atoms with Crippen LogP contribution in [-0.4, -0.2) is 23.2 Å². The van der Waals surface area contributed by atoms with Gasteiger partial charge in [-0.25, -0.2) is 18.2 Å². The third kappa shape index (κ3) is 3.55. The summed E-state index contributed by atoms with van der Waals surface area (Å²) >= 11 is 6.02. The van der Waals surface area contributed by atoms with Gasteiger partial charge in [-0.2, -0.15) is 5.10 Å². The van der Waals surface area contributed by atoms with Gasteiger partial charge in [0, 0.05) is 28.5 Å². The molecule has 0 spiro atoms. The van der Waals surface area contributed by atoms with Crippen LogP contribution in [0.1, 0.15) is 0 Å². The Morgan fingerprint density at radius 1 is 0.893 bits per heavy atom. The van der Waals surface area contributed by atoms with Gasteiger partial charge in [0.15, 0.2) is 0 Å². The SMILES string of the molecule is NS(=O)(=O)c1ccccc1-n1nc(-c2ccncc2)cc1-c1ccc(Cl)cc1. The molecular formula is C20H15ClN4O2S. The first-order valence-electron chi connectivity index (χ1n) is 8.32. The van der Waals surface area contributed by atoms with Gasteiger partial charge in [-0.05, 0) is 42.5 Å². The van der Waals surface area contributed by atoms with Crippen LogP contribution in [0.4, 0.5) is 0 Å². The normalized spacial score (nSPS) is 11.5. The van der Waals surface area contributed by atoms with E-state index in [9.17, 15) is 8.42 Å². The smallest absolute Gasteiger partial charge is 0.240 e. The summed E-state index contributed by atoms with van der Waals surface area (Å²) in [5.41, 5.74) is 3.45. The number of hydrogen-bond donors (Lipinski definition) is 1. The van der Waals surface area contributed by atoms with Gasteiger partial charge in [-0.3, -0.25) is 4.98 Å². The van der Waals surface area contributed by atoms with Crippen LogP contribution >= 0.6 is 11.6 Å². The van der Waals surface area contributed by atoms with E-state index in [1.165, 1.54) is 6.07 Å². The number of primary sulfonamides is 1. The molecule has 140 valence electrons. The van der Waals surface area contributed by atoms with Crippen LogP contribution in [0.25, 0.3) is 28.2 Å². The molecule has 0 aliphatic carbocycles. The van der Waals surface area contributed by atoms with E-state index in [2.05, 4.69) is 10.1 Å². The average Bonchev–Trinajstić information content (AvgIpc) is 3.14.